The van der Waals surface area contributed by atoms with Crippen molar-refractivity contribution in [1.29, 1.82) is 0 Å². The van der Waals surface area contributed by atoms with Crippen LogP contribution in [-0.2, 0) is 9.53 Å². The topological polar surface area (TPSA) is 75.6 Å². The van der Waals surface area contributed by atoms with Crippen molar-refractivity contribution in [3.05, 3.63) is 48.0 Å². The number of carbonyl (C=O) groups is 2. The summed E-state index contributed by atoms with van der Waals surface area (Å²) in [6.45, 7) is 6.99. The van der Waals surface area contributed by atoms with Crippen LogP contribution in [0.25, 0.3) is 10.8 Å². The van der Waals surface area contributed by atoms with Crippen LogP contribution in [0.5, 0.6) is 0 Å². The fraction of sp³-hybridized carbons (Fsp3) is 0.368. The average molecular weight is 329 g/mol. The Hall–Kier alpha value is -2.56. The highest BCUT2D eigenvalue weighted by Gasteiger charge is 2.30. The molecule has 1 amide bonds. The van der Waals surface area contributed by atoms with Gasteiger partial charge in [0.05, 0.1) is 0 Å². The van der Waals surface area contributed by atoms with Gasteiger partial charge in [0.25, 0.3) is 0 Å². The molecule has 2 aromatic rings. The zero-order valence-electron chi connectivity index (χ0n) is 14.4. The van der Waals surface area contributed by atoms with E-state index in [9.17, 15) is 14.7 Å². The lowest BCUT2D eigenvalue weighted by Gasteiger charge is -2.25. The third-order valence-corrected chi connectivity index (χ3v) is 3.75. The summed E-state index contributed by atoms with van der Waals surface area (Å²) in [7, 11) is 0. The van der Waals surface area contributed by atoms with Gasteiger partial charge in [0.1, 0.15) is 11.6 Å². The second-order valence-corrected chi connectivity index (χ2v) is 6.82. The number of aliphatic carboxylic acids is 1. The van der Waals surface area contributed by atoms with Crippen LogP contribution in [0.3, 0.4) is 0 Å². The molecular weight excluding hydrogens is 306 g/mol. The number of carboxylic acid groups (broad SMARTS) is 1. The highest BCUT2D eigenvalue weighted by Crippen LogP contribution is 2.28. The number of carboxylic acids is 1. The van der Waals surface area contributed by atoms with E-state index in [1.54, 1.807) is 27.7 Å². The second-order valence-electron chi connectivity index (χ2n) is 6.82. The fourth-order valence-corrected chi connectivity index (χ4v) is 2.66. The van der Waals surface area contributed by atoms with Gasteiger partial charge in [-0.05, 0) is 37.1 Å². The van der Waals surface area contributed by atoms with Crippen molar-refractivity contribution in [2.75, 3.05) is 0 Å². The summed E-state index contributed by atoms with van der Waals surface area (Å²) in [5.74, 6) is -1.51. The number of ether oxygens (including phenoxy) is 1. The van der Waals surface area contributed by atoms with E-state index in [1.165, 1.54) is 0 Å². The van der Waals surface area contributed by atoms with E-state index in [0.717, 1.165) is 16.3 Å². The van der Waals surface area contributed by atoms with Crippen LogP contribution >= 0.6 is 0 Å². The van der Waals surface area contributed by atoms with Crippen LogP contribution in [0.1, 0.15) is 39.2 Å². The quantitative estimate of drug-likeness (QED) is 0.891. The molecule has 0 radical (unpaired) electrons. The first-order valence-corrected chi connectivity index (χ1v) is 7.89. The lowest BCUT2D eigenvalue weighted by atomic mass is 9.89. The number of alkyl carbamates (subject to hydrolysis) is 1. The highest BCUT2D eigenvalue weighted by molar-refractivity contribution is 5.88. The van der Waals surface area contributed by atoms with Crippen molar-refractivity contribution < 1.29 is 19.4 Å². The first-order valence-electron chi connectivity index (χ1n) is 7.89. The summed E-state index contributed by atoms with van der Waals surface area (Å²) in [6.07, 6.45) is -0.734. The summed E-state index contributed by atoms with van der Waals surface area (Å²) in [5, 5.41) is 14.0. The SMILES string of the molecule is CC(c1cccc2ccccc12)C(NC(=O)OC(C)(C)C)C(=O)O. The van der Waals surface area contributed by atoms with E-state index in [-0.39, 0.29) is 0 Å². The summed E-state index contributed by atoms with van der Waals surface area (Å²) in [4.78, 5) is 23.7. The van der Waals surface area contributed by atoms with Gasteiger partial charge in [0.2, 0.25) is 0 Å². The number of amides is 1. The summed E-state index contributed by atoms with van der Waals surface area (Å²) >= 11 is 0. The molecule has 0 aliphatic heterocycles. The Morgan fingerprint density at radius 2 is 1.71 bits per heavy atom. The van der Waals surface area contributed by atoms with Crippen molar-refractivity contribution in [1.82, 2.24) is 5.32 Å². The molecule has 2 atom stereocenters. The molecule has 0 aromatic heterocycles. The Labute approximate surface area is 141 Å². The maximum Gasteiger partial charge on any atom is 0.408 e. The zero-order valence-corrected chi connectivity index (χ0v) is 14.4. The van der Waals surface area contributed by atoms with Gasteiger partial charge in [0.15, 0.2) is 0 Å². The van der Waals surface area contributed by atoms with Gasteiger partial charge in [-0.25, -0.2) is 9.59 Å². The van der Waals surface area contributed by atoms with Gasteiger partial charge >= 0.3 is 12.1 Å². The Morgan fingerprint density at radius 1 is 1.08 bits per heavy atom. The van der Waals surface area contributed by atoms with Crippen LogP contribution in [0.4, 0.5) is 4.79 Å². The summed E-state index contributed by atoms with van der Waals surface area (Å²) in [5.41, 5.74) is 0.187. The highest BCUT2D eigenvalue weighted by atomic mass is 16.6. The largest absolute Gasteiger partial charge is 0.480 e. The predicted octanol–water partition coefficient (Wildman–Crippen LogP) is 3.92. The molecule has 24 heavy (non-hydrogen) atoms. The molecule has 2 unspecified atom stereocenters. The van der Waals surface area contributed by atoms with Gasteiger partial charge in [0, 0.05) is 5.92 Å². The van der Waals surface area contributed by atoms with E-state index in [0.29, 0.717) is 0 Å². The van der Waals surface area contributed by atoms with Crippen molar-refractivity contribution in [3.8, 4) is 0 Å². The minimum absolute atomic E-state index is 0.416. The molecule has 5 heteroatoms. The number of carbonyl (C=O) groups excluding carboxylic acids is 1. The number of benzene rings is 2. The molecule has 0 fully saturated rings. The maximum absolute atomic E-state index is 12.0. The predicted molar refractivity (Wildman–Crippen MR) is 93.2 cm³/mol. The third-order valence-electron chi connectivity index (χ3n) is 3.75. The number of hydrogen-bond donors (Lipinski definition) is 2. The van der Waals surface area contributed by atoms with E-state index < -0.39 is 29.6 Å². The second kappa shape index (κ2) is 6.91. The van der Waals surface area contributed by atoms with E-state index in [2.05, 4.69) is 5.32 Å². The van der Waals surface area contributed by atoms with Gasteiger partial charge in [-0.2, -0.15) is 0 Å². The number of fused-ring (bicyclic) bond motifs is 1. The minimum atomic E-state index is -1.10. The molecule has 5 nitrogen and oxygen atoms in total. The van der Waals surface area contributed by atoms with Crippen LogP contribution in [0.2, 0.25) is 0 Å². The number of rotatable bonds is 4. The molecule has 0 spiro atoms. The molecule has 0 aliphatic rings. The Kier molecular flexibility index (Phi) is 5.12. The standard InChI is InChI=1S/C19H23NO4/c1-12(14-11-7-9-13-8-5-6-10-15(13)14)16(17(21)22)20-18(23)24-19(2,3)4/h5-12,16H,1-4H3,(H,20,23)(H,21,22). The van der Waals surface area contributed by atoms with Gasteiger partial charge in [-0.1, -0.05) is 49.4 Å². The smallest absolute Gasteiger partial charge is 0.408 e. The van der Waals surface area contributed by atoms with Gasteiger partial charge in [-0.15, -0.1) is 0 Å². The Balaban J connectivity index is 2.30. The number of hydrogen-bond acceptors (Lipinski definition) is 3. The molecule has 2 aromatic carbocycles. The molecule has 0 heterocycles. The minimum Gasteiger partial charge on any atom is -0.480 e. The first-order chi connectivity index (χ1) is 11.2. The zero-order chi connectivity index (χ0) is 17.9. The Morgan fingerprint density at radius 3 is 2.33 bits per heavy atom. The average Bonchev–Trinajstić information content (AvgIpc) is 2.49. The third kappa shape index (κ3) is 4.25. The van der Waals surface area contributed by atoms with Crippen LogP contribution in [-0.4, -0.2) is 28.8 Å². The van der Waals surface area contributed by atoms with Gasteiger partial charge < -0.3 is 15.2 Å². The first kappa shape index (κ1) is 17.8. The van der Waals surface area contributed by atoms with E-state index in [1.807, 2.05) is 42.5 Å². The van der Waals surface area contributed by atoms with Crippen molar-refractivity contribution in [3.63, 3.8) is 0 Å². The number of nitrogens with one attached hydrogen (secondary N) is 1. The normalized spacial score (nSPS) is 14.0. The van der Waals surface area contributed by atoms with Crippen LogP contribution in [0, 0.1) is 0 Å². The molecule has 2 rings (SSSR count). The molecule has 0 saturated carbocycles. The molecule has 0 saturated heterocycles. The maximum atomic E-state index is 12.0. The molecular formula is C19H23NO4. The molecule has 128 valence electrons. The lowest BCUT2D eigenvalue weighted by molar-refractivity contribution is -0.140. The molecule has 0 bridgehead atoms. The summed E-state index contributed by atoms with van der Waals surface area (Å²) in [6, 6.07) is 12.4. The lowest BCUT2D eigenvalue weighted by Crippen LogP contribution is -2.46. The van der Waals surface area contributed by atoms with Gasteiger partial charge in [-0.3, -0.25) is 0 Å². The van der Waals surface area contributed by atoms with Crippen LogP contribution in [0.15, 0.2) is 42.5 Å². The monoisotopic (exact) mass is 329 g/mol. The summed E-state index contributed by atoms with van der Waals surface area (Å²) < 4.78 is 5.18. The van der Waals surface area contributed by atoms with E-state index >= 15 is 0 Å². The van der Waals surface area contributed by atoms with Crippen molar-refractivity contribution in [2.24, 2.45) is 0 Å². The molecule has 0 aliphatic carbocycles. The fourth-order valence-electron chi connectivity index (χ4n) is 2.66. The van der Waals surface area contributed by atoms with Crippen molar-refractivity contribution >= 4 is 22.8 Å². The van der Waals surface area contributed by atoms with E-state index in [4.69, 9.17) is 4.74 Å². The van der Waals surface area contributed by atoms with Crippen molar-refractivity contribution in [2.45, 2.75) is 45.3 Å². The Bertz CT molecular complexity index is 743. The van der Waals surface area contributed by atoms with Crippen LogP contribution < -0.4 is 5.32 Å². The molecule has 2 N–H and O–H groups in total.